The number of hydrogen-bond acceptors (Lipinski definition) is 4. The van der Waals surface area contributed by atoms with E-state index in [0.717, 1.165) is 49.0 Å². The first-order chi connectivity index (χ1) is 12.0. The molecule has 0 radical (unpaired) electrons. The number of ether oxygens (including phenoxy) is 1. The second-order valence-corrected chi connectivity index (χ2v) is 8.77. The Morgan fingerprint density at radius 2 is 2.24 bits per heavy atom. The van der Waals surface area contributed by atoms with Crippen molar-refractivity contribution in [3.63, 3.8) is 0 Å². The van der Waals surface area contributed by atoms with Crippen molar-refractivity contribution in [1.29, 1.82) is 0 Å². The molecule has 0 spiro atoms. The third kappa shape index (κ3) is 5.44. The lowest BCUT2D eigenvalue weighted by atomic mass is 9.75. The van der Waals surface area contributed by atoms with Gasteiger partial charge in [-0.1, -0.05) is 29.8 Å². The number of rotatable bonds is 7. The van der Waals surface area contributed by atoms with Crippen LogP contribution in [0.25, 0.3) is 0 Å². The maximum Gasteiger partial charge on any atom is 0.182 e. The van der Waals surface area contributed by atoms with Gasteiger partial charge in [0.25, 0.3) is 0 Å². The van der Waals surface area contributed by atoms with Gasteiger partial charge in [-0.25, -0.2) is 4.98 Å². The molecule has 0 unspecified atom stereocenters. The van der Waals surface area contributed by atoms with Gasteiger partial charge in [0, 0.05) is 29.8 Å². The standard InChI is InChI=1S/C20H27ClN2OS/c1-20(2)14-17(8-11-24-20)15(7-9-22-19-23-10-12-25-19)13-16-5-3-4-6-18(16)21/h3-6,10,12,15,17H,7-9,11,13-14H2,1-2H3,(H,22,23)/t15-,17+/m1/s1. The van der Waals surface area contributed by atoms with Crippen LogP contribution in [0.5, 0.6) is 0 Å². The van der Waals surface area contributed by atoms with Crippen molar-refractivity contribution in [2.45, 2.75) is 45.1 Å². The van der Waals surface area contributed by atoms with Crippen molar-refractivity contribution in [2.75, 3.05) is 18.5 Å². The average Bonchev–Trinajstić information content (AvgIpc) is 3.08. The van der Waals surface area contributed by atoms with Gasteiger partial charge in [0.15, 0.2) is 5.13 Å². The van der Waals surface area contributed by atoms with Gasteiger partial charge in [0.05, 0.1) is 5.60 Å². The molecular formula is C20H27ClN2OS. The molecule has 1 aliphatic rings. The molecule has 1 fully saturated rings. The number of aromatic nitrogens is 1. The Balaban J connectivity index is 1.67. The third-order valence-electron chi connectivity index (χ3n) is 5.07. The van der Waals surface area contributed by atoms with E-state index in [1.165, 1.54) is 5.56 Å². The highest BCUT2D eigenvalue weighted by molar-refractivity contribution is 7.13. The molecule has 1 N–H and O–H groups in total. The summed E-state index contributed by atoms with van der Waals surface area (Å²) < 4.78 is 5.93. The molecule has 0 bridgehead atoms. The fourth-order valence-electron chi connectivity index (χ4n) is 3.81. The minimum atomic E-state index is -0.0234. The van der Waals surface area contributed by atoms with E-state index in [4.69, 9.17) is 16.3 Å². The fourth-order valence-corrected chi connectivity index (χ4v) is 4.58. The van der Waals surface area contributed by atoms with Crippen molar-refractivity contribution in [3.8, 4) is 0 Å². The zero-order valence-corrected chi connectivity index (χ0v) is 16.6. The van der Waals surface area contributed by atoms with Crippen LogP contribution in [0.1, 0.15) is 38.7 Å². The molecule has 1 aromatic heterocycles. The van der Waals surface area contributed by atoms with E-state index in [-0.39, 0.29) is 5.60 Å². The number of anilines is 1. The predicted molar refractivity (Wildman–Crippen MR) is 107 cm³/mol. The van der Waals surface area contributed by atoms with E-state index in [2.05, 4.69) is 36.3 Å². The lowest BCUT2D eigenvalue weighted by Gasteiger charge is -2.39. The molecule has 3 nitrogen and oxygen atoms in total. The largest absolute Gasteiger partial charge is 0.376 e. The molecule has 1 aromatic carbocycles. The zero-order valence-electron chi connectivity index (χ0n) is 15.0. The number of thiazole rings is 1. The van der Waals surface area contributed by atoms with Crippen LogP contribution in [0.2, 0.25) is 5.02 Å². The highest BCUT2D eigenvalue weighted by Gasteiger charge is 2.33. The van der Waals surface area contributed by atoms with E-state index in [1.807, 2.05) is 23.7 Å². The summed E-state index contributed by atoms with van der Waals surface area (Å²) in [5, 5.41) is 7.35. The van der Waals surface area contributed by atoms with Crippen LogP contribution < -0.4 is 5.32 Å². The van der Waals surface area contributed by atoms with E-state index < -0.39 is 0 Å². The molecule has 0 saturated carbocycles. The molecule has 0 amide bonds. The molecule has 1 aliphatic heterocycles. The first-order valence-electron chi connectivity index (χ1n) is 9.04. The quantitative estimate of drug-likeness (QED) is 0.674. The zero-order chi connectivity index (χ0) is 17.7. The summed E-state index contributed by atoms with van der Waals surface area (Å²) in [6, 6.07) is 8.24. The Labute approximate surface area is 159 Å². The Bertz CT molecular complexity index is 659. The summed E-state index contributed by atoms with van der Waals surface area (Å²) >= 11 is 8.08. The highest BCUT2D eigenvalue weighted by Crippen LogP contribution is 2.37. The Morgan fingerprint density at radius 1 is 1.40 bits per heavy atom. The van der Waals surface area contributed by atoms with Gasteiger partial charge >= 0.3 is 0 Å². The van der Waals surface area contributed by atoms with Crippen LogP contribution in [0.3, 0.4) is 0 Å². The molecule has 25 heavy (non-hydrogen) atoms. The van der Waals surface area contributed by atoms with Gasteiger partial charge in [-0.3, -0.25) is 0 Å². The first-order valence-corrected chi connectivity index (χ1v) is 10.3. The Kier molecular flexibility index (Phi) is 6.37. The van der Waals surface area contributed by atoms with Gasteiger partial charge in [0.2, 0.25) is 0 Å². The molecule has 1 saturated heterocycles. The summed E-state index contributed by atoms with van der Waals surface area (Å²) in [7, 11) is 0. The monoisotopic (exact) mass is 378 g/mol. The smallest absolute Gasteiger partial charge is 0.182 e. The van der Waals surface area contributed by atoms with Crippen molar-refractivity contribution in [2.24, 2.45) is 11.8 Å². The molecule has 2 aromatic rings. The normalized spacial score (nSPS) is 21.0. The minimum absolute atomic E-state index is 0.0234. The van der Waals surface area contributed by atoms with E-state index >= 15 is 0 Å². The van der Waals surface area contributed by atoms with E-state index in [0.29, 0.717) is 11.8 Å². The molecule has 0 aliphatic carbocycles. The average molecular weight is 379 g/mol. The van der Waals surface area contributed by atoms with Crippen molar-refractivity contribution >= 4 is 28.1 Å². The van der Waals surface area contributed by atoms with Gasteiger partial charge < -0.3 is 10.1 Å². The molecular weight excluding hydrogens is 352 g/mol. The van der Waals surface area contributed by atoms with Crippen molar-refractivity contribution in [3.05, 3.63) is 46.4 Å². The molecule has 5 heteroatoms. The van der Waals surface area contributed by atoms with Crippen molar-refractivity contribution < 1.29 is 4.74 Å². The molecule has 136 valence electrons. The maximum atomic E-state index is 6.43. The van der Waals surface area contributed by atoms with Gasteiger partial charge in [-0.2, -0.15) is 0 Å². The van der Waals surface area contributed by atoms with Crippen molar-refractivity contribution in [1.82, 2.24) is 4.98 Å². The van der Waals surface area contributed by atoms with E-state index in [1.54, 1.807) is 11.3 Å². The van der Waals surface area contributed by atoms with Gasteiger partial charge in [-0.05, 0) is 63.0 Å². The van der Waals surface area contributed by atoms with Crippen LogP contribution in [0.4, 0.5) is 5.13 Å². The number of halogens is 1. The van der Waals surface area contributed by atoms with E-state index in [9.17, 15) is 0 Å². The number of nitrogens with zero attached hydrogens (tertiary/aromatic N) is 1. The summed E-state index contributed by atoms with van der Waals surface area (Å²) in [5.41, 5.74) is 1.23. The fraction of sp³-hybridized carbons (Fsp3) is 0.550. The first kappa shape index (κ1) is 18.7. The Hall–Kier alpha value is -1.10. The minimum Gasteiger partial charge on any atom is -0.376 e. The highest BCUT2D eigenvalue weighted by atomic mass is 35.5. The lowest BCUT2D eigenvalue weighted by molar-refractivity contribution is -0.0828. The summed E-state index contributed by atoms with van der Waals surface area (Å²) in [5.74, 6) is 1.26. The maximum absolute atomic E-state index is 6.43. The summed E-state index contributed by atoms with van der Waals surface area (Å²) in [4.78, 5) is 4.31. The molecule has 2 atom stereocenters. The molecule has 2 heterocycles. The second-order valence-electron chi connectivity index (χ2n) is 7.47. The van der Waals surface area contributed by atoms with Crippen LogP contribution in [-0.4, -0.2) is 23.7 Å². The number of nitrogens with one attached hydrogen (secondary N) is 1. The second kappa shape index (κ2) is 8.52. The summed E-state index contributed by atoms with van der Waals surface area (Å²) in [6.07, 6.45) is 6.23. The summed E-state index contributed by atoms with van der Waals surface area (Å²) in [6.45, 7) is 6.22. The van der Waals surface area contributed by atoms with Crippen LogP contribution in [-0.2, 0) is 11.2 Å². The third-order valence-corrected chi connectivity index (χ3v) is 6.17. The molecule has 3 rings (SSSR count). The lowest BCUT2D eigenvalue weighted by Crippen LogP contribution is -2.37. The Morgan fingerprint density at radius 3 is 2.96 bits per heavy atom. The van der Waals surface area contributed by atoms with Crippen LogP contribution in [0, 0.1) is 11.8 Å². The topological polar surface area (TPSA) is 34.2 Å². The SMILES string of the molecule is CC1(C)C[C@@H]([C@H](CCNc2nccs2)Cc2ccccc2Cl)CCO1. The van der Waals surface area contributed by atoms with Crippen LogP contribution in [0.15, 0.2) is 35.8 Å². The predicted octanol–water partition coefficient (Wildman–Crippen LogP) is 5.66. The van der Waals surface area contributed by atoms with Gasteiger partial charge in [-0.15, -0.1) is 11.3 Å². The number of benzene rings is 1. The van der Waals surface area contributed by atoms with Gasteiger partial charge in [0.1, 0.15) is 0 Å². The van der Waals surface area contributed by atoms with Crippen LogP contribution >= 0.6 is 22.9 Å². The number of hydrogen-bond donors (Lipinski definition) is 1.